The highest BCUT2D eigenvalue weighted by molar-refractivity contribution is 7.13. The van der Waals surface area contributed by atoms with Gasteiger partial charge in [0.2, 0.25) is 0 Å². The molecule has 1 aromatic rings. The number of carbonyl (C=O) groups is 1. The minimum absolute atomic E-state index is 0.143. The number of rotatable bonds is 7. The molecule has 0 spiro atoms. The van der Waals surface area contributed by atoms with E-state index in [1.165, 1.54) is 0 Å². The van der Waals surface area contributed by atoms with E-state index in [9.17, 15) is 4.79 Å². The highest BCUT2D eigenvalue weighted by Crippen LogP contribution is 2.19. The van der Waals surface area contributed by atoms with E-state index in [0.29, 0.717) is 6.42 Å². The number of likely N-dealkylation sites (N-methyl/N-ethyl adjacent to an activating group) is 2. The highest BCUT2D eigenvalue weighted by atomic mass is 32.1. The molecule has 0 atom stereocenters. The first-order chi connectivity index (χ1) is 7.99. The minimum atomic E-state index is -0.777. The van der Waals surface area contributed by atoms with Crippen molar-refractivity contribution in [1.82, 2.24) is 9.88 Å². The summed E-state index contributed by atoms with van der Waals surface area (Å²) in [5.74, 6) is -0.777. The second kappa shape index (κ2) is 6.56. The summed E-state index contributed by atoms with van der Waals surface area (Å²) >= 11 is 1.56. The normalized spacial score (nSPS) is 10.8. The van der Waals surface area contributed by atoms with E-state index in [4.69, 9.17) is 5.11 Å². The number of thiazole rings is 1. The summed E-state index contributed by atoms with van der Waals surface area (Å²) in [6, 6.07) is 0. The Morgan fingerprint density at radius 1 is 1.41 bits per heavy atom. The van der Waals surface area contributed by atoms with E-state index in [1.54, 1.807) is 11.3 Å². The minimum Gasteiger partial charge on any atom is -0.481 e. The van der Waals surface area contributed by atoms with E-state index in [1.807, 2.05) is 26.5 Å². The number of carboxylic acids is 1. The van der Waals surface area contributed by atoms with Gasteiger partial charge < -0.3 is 14.9 Å². The van der Waals surface area contributed by atoms with Crippen molar-refractivity contribution in [3.8, 4) is 0 Å². The zero-order valence-electron chi connectivity index (χ0n) is 10.5. The maximum absolute atomic E-state index is 10.5. The summed E-state index contributed by atoms with van der Waals surface area (Å²) in [6.45, 7) is 1.89. The molecular weight excluding hydrogens is 238 g/mol. The molecule has 17 heavy (non-hydrogen) atoms. The predicted octanol–water partition coefficient (Wildman–Crippen LogP) is 1.16. The number of aryl methyl sites for hydroxylation is 1. The first-order valence-electron chi connectivity index (χ1n) is 5.51. The Morgan fingerprint density at radius 2 is 2.12 bits per heavy atom. The summed E-state index contributed by atoms with van der Waals surface area (Å²) < 4.78 is 0. The maximum Gasteiger partial charge on any atom is 0.303 e. The number of hydrogen-bond donors (Lipinski definition) is 1. The van der Waals surface area contributed by atoms with Crippen molar-refractivity contribution in [1.29, 1.82) is 0 Å². The third-order valence-corrected chi connectivity index (χ3v) is 3.35. The molecule has 1 rings (SSSR count). The van der Waals surface area contributed by atoms with Gasteiger partial charge in [-0.2, -0.15) is 0 Å². The van der Waals surface area contributed by atoms with Crippen LogP contribution in [-0.4, -0.2) is 55.2 Å². The van der Waals surface area contributed by atoms with E-state index >= 15 is 0 Å². The van der Waals surface area contributed by atoms with Gasteiger partial charge in [-0.1, -0.05) is 0 Å². The van der Waals surface area contributed by atoms with E-state index in [2.05, 4.69) is 14.8 Å². The summed E-state index contributed by atoms with van der Waals surface area (Å²) in [6.07, 6.45) is 0.651. The van der Waals surface area contributed by atoms with E-state index in [-0.39, 0.29) is 6.42 Å². The van der Waals surface area contributed by atoms with Crippen LogP contribution in [0, 0.1) is 0 Å². The van der Waals surface area contributed by atoms with Gasteiger partial charge in [-0.3, -0.25) is 4.79 Å². The SMILES string of the molecule is CN(C)CCN(C)c1nc(CCC(=O)O)cs1. The van der Waals surface area contributed by atoms with Crippen molar-refractivity contribution in [3.05, 3.63) is 11.1 Å². The third-order valence-electron chi connectivity index (χ3n) is 2.34. The Balaban J connectivity index is 2.46. The predicted molar refractivity (Wildman–Crippen MR) is 69.9 cm³/mol. The molecule has 0 aliphatic rings. The Kier molecular flexibility index (Phi) is 5.37. The smallest absolute Gasteiger partial charge is 0.303 e. The maximum atomic E-state index is 10.5. The first kappa shape index (κ1) is 13.9. The fourth-order valence-electron chi connectivity index (χ4n) is 1.27. The van der Waals surface area contributed by atoms with Gasteiger partial charge in [-0.15, -0.1) is 11.3 Å². The average Bonchev–Trinajstić information content (AvgIpc) is 2.71. The van der Waals surface area contributed by atoms with Crippen LogP contribution < -0.4 is 4.90 Å². The second-order valence-electron chi connectivity index (χ2n) is 4.24. The number of carboxylic acid groups (broad SMARTS) is 1. The number of anilines is 1. The van der Waals surface area contributed by atoms with Crippen molar-refractivity contribution in [3.63, 3.8) is 0 Å². The molecule has 1 heterocycles. The topological polar surface area (TPSA) is 56.7 Å². The van der Waals surface area contributed by atoms with Gasteiger partial charge in [0.15, 0.2) is 5.13 Å². The van der Waals surface area contributed by atoms with Crippen LogP contribution in [0.4, 0.5) is 5.13 Å². The number of nitrogens with zero attached hydrogens (tertiary/aromatic N) is 3. The summed E-state index contributed by atoms with van der Waals surface area (Å²) in [5.41, 5.74) is 0.865. The second-order valence-corrected chi connectivity index (χ2v) is 5.08. The van der Waals surface area contributed by atoms with Crippen LogP contribution in [0.1, 0.15) is 12.1 Å². The average molecular weight is 257 g/mol. The molecule has 1 N–H and O–H groups in total. The van der Waals surface area contributed by atoms with E-state index in [0.717, 1.165) is 23.9 Å². The van der Waals surface area contributed by atoms with Gasteiger partial charge in [0.1, 0.15) is 0 Å². The Labute approximate surface area is 106 Å². The summed E-state index contributed by atoms with van der Waals surface area (Å²) in [4.78, 5) is 19.1. The quantitative estimate of drug-likeness (QED) is 0.794. The zero-order chi connectivity index (χ0) is 12.8. The van der Waals surface area contributed by atoms with Crippen molar-refractivity contribution >= 4 is 22.4 Å². The fraction of sp³-hybridized carbons (Fsp3) is 0.636. The summed E-state index contributed by atoms with van der Waals surface area (Å²) in [7, 11) is 6.07. The van der Waals surface area contributed by atoms with Crippen LogP contribution in [0.3, 0.4) is 0 Å². The molecule has 5 nitrogen and oxygen atoms in total. The molecular formula is C11H19N3O2S. The van der Waals surface area contributed by atoms with Crippen molar-refractivity contribution in [2.45, 2.75) is 12.8 Å². The number of aliphatic carboxylic acids is 1. The summed E-state index contributed by atoms with van der Waals surface area (Å²) in [5, 5.41) is 11.5. The van der Waals surface area contributed by atoms with Crippen molar-refractivity contribution < 1.29 is 9.90 Å². The number of hydrogen-bond acceptors (Lipinski definition) is 5. The molecule has 0 saturated carbocycles. The molecule has 0 bridgehead atoms. The fourth-order valence-corrected chi connectivity index (χ4v) is 2.12. The van der Waals surface area contributed by atoms with Gasteiger partial charge in [0.25, 0.3) is 0 Å². The van der Waals surface area contributed by atoms with Crippen molar-refractivity contribution in [2.75, 3.05) is 39.1 Å². The van der Waals surface area contributed by atoms with E-state index < -0.39 is 5.97 Å². The molecule has 0 aliphatic heterocycles. The first-order valence-corrected chi connectivity index (χ1v) is 6.39. The molecule has 96 valence electrons. The van der Waals surface area contributed by atoms with Gasteiger partial charge >= 0.3 is 5.97 Å². The molecule has 0 aromatic carbocycles. The lowest BCUT2D eigenvalue weighted by atomic mass is 10.2. The molecule has 0 saturated heterocycles. The molecule has 0 amide bonds. The monoisotopic (exact) mass is 257 g/mol. The molecule has 0 fully saturated rings. The number of aromatic nitrogens is 1. The third kappa shape index (κ3) is 5.14. The lowest BCUT2D eigenvalue weighted by molar-refractivity contribution is -0.136. The van der Waals surface area contributed by atoms with Crippen LogP contribution >= 0.6 is 11.3 Å². The van der Waals surface area contributed by atoms with Gasteiger partial charge in [0, 0.05) is 31.9 Å². The lowest BCUT2D eigenvalue weighted by Crippen LogP contribution is -2.28. The van der Waals surface area contributed by atoms with Crippen LogP contribution in [0.2, 0.25) is 0 Å². The molecule has 0 aliphatic carbocycles. The van der Waals surface area contributed by atoms with Gasteiger partial charge in [-0.25, -0.2) is 4.98 Å². The molecule has 6 heteroatoms. The lowest BCUT2D eigenvalue weighted by Gasteiger charge is -2.18. The van der Waals surface area contributed by atoms with Crippen LogP contribution in [-0.2, 0) is 11.2 Å². The highest BCUT2D eigenvalue weighted by Gasteiger charge is 2.08. The molecule has 0 unspecified atom stereocenters. The standard InChI is InChI=1S/C11H19N3O2S/c1-13(2)6-7-14(3)11-12-9(8-17-11)4-5-10(15)16/h8H,4-7H2,1-3H3,(H,15,16). The van der Waals surface area contributed by atoms with Gasteiger partial charge in [0.05, 0.1) is 12.1 Å². The van der Waals surface area contributed by atoms with Crippen LogP contribution in [0.25, 0.3) is 0 Å². The van der Waals surface area contributed by atoms with Crippen LogP contribution in [0.15, 0.2) is 5.38 Å². The Hall–Kier alpha value is -1.14. The molecule has 1 aromatic heterocycles. The largest absolute Gasteiger partial charge is 0.481 e. The Bertz CT molecular complexity index is 365. The van der Waals surface area contributed by atoms with Gasteiger partial charge in [-0.05, 0) is 14.1 Å². The zero-order valence-corrected chi connectivity index (χ0v) is 11.3. The van der Waals surface area contributed by atoms with Crippen LogP contribution in [0.5, 0.6) is 0 Å². The molecule has 0 radical (unpaired) electrons. The Morgan fingerprint density at radius 3 is 2.71 bits per heavy atom. The van der Waals surface area contributed by atoms with Crippen molar-refractivity contribution in [2.24, 2.45) is 0 Å².